The van der Waals surface area contributed by atoms with Crippen LogP contribution >= 0.6 is 40.1 Å². The van der Waals surface area contributed by atoms with Crippen LogP contribution in [0.1, 0.15) is 19.3 Å². The highest BCUT2D eigenvalue weighted by molar-refractivity contribution is 9.10. The van der Waals surface area contributed by atoms with E-state index in [1.54, 1.807) is 11.8 Å². The predicted octanol–water partition coefficient (Wildman–Crippen LogP) is 3.21. The molecule has 1 atom stereocenters. The van der Waals surface area contributed by atoms with Crippen LogP contribution in [0.3, 0.4) is 0 Å². The molecule has 1 saturated carbocycles. The van der Waals surface area contributed by atoms with E-state index in [0.29, 0.717) is 18.9 Å². The van der Waals surface area contributed by atoms with Gasteiger partial charge in [-0.2, -0.15) is 0 Å². The maximum Gasteiger partial charge on any atom is 0.220 e. The van der Waals surface area contributed by atoms with E-state index < -0.39 is 0 Å². The van der Waals surface area contributed by atoms with E-state index in [1.807, 2.05) is 18.2 Å². The quantitative estimate of drug-likeness (QED) is 0.715. The lowest BCUT2D eigenvalue weighted by Gasteiger charge is -2.11. The first-order valence-corrected chi connectivity index (χ1v) is 8.34. The van der Waals surface area contributed by atoms with Gasteiger partial charge in [-0.25, -0.2) is 0 Å². The fourth-order valence-electron chi connectivity index (χ4n) is 1.83. The summed E-state index contributed by atoms with van der Waals surface area (Å²) < 4.78 is 1.08. The highest BCUT2D eigenvalue weighted by Crippen LogP contribution is 2.31. The number of nitrogens with one attached hydrogen (secondary N) is 1. The third-order valence-electron chi connectivity index (χ3n) is 3.19. The number of thioether (sulfide) groups is 1. The van der Waals surface area contributed by atoms with Gasteiger partial charge in [-0.1, -0.05) is 12.1 Å². The summed E-state index contributed by atoms with van der Waals surface area (Å²) in [6.07, 6.45) is 2.97. The molecule has 1 aromatic rings. The van der Waals surface area contributed by atoms with Crippen molar-refractivity contribution in [2.75, 3.05) is 12.3 Å². The first-order chi connectivity index (χ1) is 9.16. The molecule has 0 saturated heterocycles. The molecule has 6 heteroatoms. The van der Waals surface area contributed by atoms with E-state index in [0.717, 1.165) is 10.2 Å². The Morgan fingerprint density at radius 1 is 1.45 bits per heavy atom. The molecule has 3 nitrogen and oxygen atoms in total. The number of halogens is 2. The molecule has 0 bridgehead atoms. The molecular weight excluding hydrogens is 360 g/mol. The van der Waals surface area contributed by atoms with Gasteiger partial charge in [-0.15, -0.1) is 24.2 Å². The number of rotatable bonds is 7. The van der Waals surface area contributed by atoms with Gasteiger partial charge in [0.1, 0.15) is 0 Å². The molecule has 20 heavy (non-hydrogen) atoms. The number of hydrogen-bond acceptors (Lipinski definition) is 3. The van der Waals surface area contributed by atoms with Gasteiger partial charge >= 0.3 is 0 Å². The monoisotopic (exact) mass is 378 g/mol. The number of benzene rings is 1. The van der Waals surface area contributed by atoms with Crippen LogP contribution in [0, 0.1) is 5.92 Å². The zero-order valence-corrected chi connectivity index (χ0v) is 14.4. The lowest BCUT2D eigenvalue weighted by atomic mass is 10.2. The molecule has 112 valence electrons. The van der Waals surface area contributed by atoms with Gasteiger partial charge in [-0.05, 0) is 46.8 Å². The predicted molar refractivity (Wildman–Crippen MR) is 90.4 cm³/mol. The molecule has 1 amide bonds. The summed E-state index contributed by atoms with van der Waals surface area (Å²) in [5.74, 6) is 1.51. The average molecular weight is 380 g/mol. The van der Waals surface area contributed by atoms with Crippen molar-refractivity contribution < 1.29 is 4.79 Å². The second-order valence-electron chi connectivity index (χ2n) is 4.83. The molecule has 0 radical (unpaired) electrons. The van der Waals surface area contributed by atoms with Gasteiger partial charge in [0.25, 0.3) is 0 Å². The number of nitrogens with two attached hydrogens (primary N) is 1. The minimum atomic E-state index is 0. The van der Waals surface area contributed by atoms with E-state index in [9.17, 15) is 4.79 Å². The minimum Gasteiger partial charge on any atom is -0.355 e. The zero-order chi connectivity index (χ0) is 13.7. The number of carbonyl (C=O) groups excluding carboxylic acids is 1. The maximum absolute atomic E-state index is 11.7. The average Bonchev–Trinajstić information content (AvgIpc) is 3.22. The van der Waals surface area contributed by atoms with Crippen LogP contribution in [0.15, 0.2) is 33.6 Å². The van der Waals surface area contributed by atoms with Crippen molar-refractivity contribution in [1.29, 1.82) is 0 Å². The lowest BCUT2D eigenvalue weighted by molar-refractivity contribution is -0.120. The van der Waals surface area contributed by atoms with Crippen molar-refractivity contribution in [2.24, 2.45) is 11.7 Å². The van der Waals surface area contributed by atoms with Crippen LogP contribution < -0.4 is 11.1 Å². The molecule has 1 aliphatic carbocycles. The molecule has 0 heterocycles. The van der Waals surface area contributed by atoms with Crippen molar-refractivity contribution in [3.8, 4) is 0 Å². The van der Waals surface area contributed by atoms with E-state index in [1.165, 1.54) is 17.7 Å². The van der Waals surface area contributed by atoms with Crippen LogP contribution in [0.4, 0.5) is 0 Å². The molecule has 0 spiro atoms. The smallest absolute Gasteiger partial charge is 0.220 e. The van der Waals surface area contributed by atoms with Crippen molar-refractivity contribution in [3.05, 3.63) is 28.7 Å². The maximum atomic E-state index is 11.7. The zero-order valence-electron chi connectivity index (χ0n) is 11.2. The van der Waals surface area contributed by atoms with Gasteiger partial charge in [0.2, 0.25) is 5.91 Å². The number of amides is 1. The standard InChI is InChI=1S/C14H19BrN2OS.ClH/c15-11-3-1-2-4-13(11)19-8-7-14(18)17-9-12(16)10-5-6-10;/h1-4,10,12H,5-9,16H2,(H,17,18);1H. The van der Waals surface area contributed by atoms with Crippen LogP contribution in [-0.2, 0) is 4.79 Å². The Labute approximate surface area is 139 Å². The van der Waals surface area contributed by atoms with Crippen LogP contribution in [0.5, 0.6) is 0 Å². The highest BCUT2D eigenvalue weighted by Gasteiger charge is 2.28. The summed E-state index contributed by atoms with van der Waals surface area (Å²) in [6.45, 7) is 0.614. The fourth-order valence-corrected chi connectivity index (χ4v) is 3.34. The SMILES string of the molecule is Cl.NC(CNC(=O)CCSc1ccccc1Br)C1CC1. The minimum absolute atomic E-state index is 0. The van der Waals surface area contributed by atoms with Gasteiger partial charge in [-0.3, -0.25) is 4.79 Å². The van der Waals surface area contributed by atoms with E-state index in [2.05, 4.69) is 27.3 Å². The van der Waals surface area contributed by atoms with Crippen molar-refractivity contribution >= 4 is 46.0 Å². The van der Waals surface area contributed by atoms with Crippen LogP contribution in [0.25, 0.3) is 0 Å². The van der Waals surface area contributed by atoms with Gasteiger partial charge in [0.05, 0.1) is 0 Å². The largest absolute Gasteiger partial charge is 0.355 e. The Balaban J connectivity index is 0.00000200. The van der Waals surface area contributed by atoms with E-state index in [4.69, 9.17) is 5.73 Å². The second kappa shape index (κ2) is 8.93. The van der Waals surface area contributed by atoms with Crippen molar-refractivity contribution in [2.45, 2.75) is 30.2 Å². The lowest BCUT2D eigenvalue weighted by Crippen LogP contribution is -2.38. The molecule has 0 aliphatic heterocycles. The first kappa shape index (κ1) is 17.8. The van der Waals surface area contributed by atoms with Crippen molar-refractivity contribution in [1.82, 2.24) is 5.32 Å². The summed E-state index contributed by atoms with van der Waals surface area (Å²) >= 11 is 5.19. The summed E-state index contributed by atoms with van der Waals surface area (Å²) in [7, 11) is 0. The molecule has 1 aliphatic rings. The Morgan fingerprint density at radius 2 is 2.15 bits per heavy atom. The Morgan fingerprint density at radius 3 is 2.80 bits per heavy atom. The van der Waals surface area contributed by atoms with Gasteiger partial charge in [0, 0.05) is 34.1 Å². The number of hydrogen-bond donors (Lipinski definition) is 2. The topological polar surface area (TPSA) is 55.1 Å². The van der Waals surface area contributed by atoms with Gasteiger partial charge < -0.3 is 11.1 Å². The molecule has 0 aromatic heterocycles. The summed E-state index contributed by atoms with van der Waals surface area (Å²) in [5.41, 5.74) is 5.94. The van der Waals surface area contributed by atoms with Gasteiger partial charge in [0.15, 0.2) is 0 Å². The molecule has 1 unspecified atom stereocenters. The first-order valence-electron chi connectivity index (χ1n) is 6.56. The summed E-state index contributed by atoms with van der Waals surface area (Å²) in [4.78, 5) is 12.8. The molecule has 1 aromatic carbocycles. The van der Waals surface area contributed by atoms with Crippen molar-refractivity contribution in [3.63, 3.8) is 0 Å². The highest BCUT2D eigenvalue weighted by atomic mass is 79.9. The fraction of sp³-hybridized carbons (Fsp3) is 0.500. The molecule has 2 rings (SSSR count). The van der Waals surface area contributed by atoms with E-state index in [-0.39, 0.29) is 24.4 Å². The Bertz CT molecular complexity index is 443. The molecule has 3 N–H and O–H groups in total. The molecular formula is C14H20BrClN2OS. The van der Waals surface area contributed by atoms with Crippen LogP contribution in [0.2, 0.25) is 0 Å². The third kappa shape index (κ3) is 6.04. The van der Waals surface area contributed by atoms with Crippen LogP contribution in [-0.4, -0.2) is 24.2 Å². The third-order valence-corrected chi connectivity index (χ3v) is 5.21. The normalized spacial score (nSPS) is 15.3. The Hall–Kier alpha value is -0.230. The number of carbonyl (C=O) groups is 1. The second-order valence-corrected chi connectivity index (χ2v) is 6.83. The summed E-state index contributed by atoms with van der Waals surface area (Å²) in [5, 5.41) is 2.92. The molecule has 1 fully saturated rings. The summed E-state index contributed by atoms with van der Waals surface area (Å²) in [6, 6.07) is 8.19. The van der Waals surface area contributed by atoms with E-state index >= 15 is 0 Å². The Kier molecular flexibility index (Phi) is 7.95.